The van der Waals surface area contributed by atoms with Gasteiger partial charge in [0.2, 0.25) is 5.91 Å². The zero-order valence-electron chi connectivity index (χ0n) is 12.8. The van der Waals surface area contributed by atoms with Crippen molar-refractivity contribution in [2.45, 2.75) is 38.4 Å². The molecule has 2 fully saturated rings. The van der Waals surface area contributed by atoms with Gasteiger partial charge in [0.15, 0.2) is 0 Å². The minimum Gasteiger partial charge on any atom is -0.352 e. The summed E-state index contributed by atoms with van der Waals surface area (Å²) in [6.45, 7) is 7.08. The number of nitrogens with one attached hydrogen (secondary N) is 1. The second-order valence-electron chi connectivity index (χ2n) is 6.26. The van der Waals surface area contributed by atoms with Crippen molar-refractivity contribution in [3.05, 3.63) is 35.9 Å². The molecule has 1 aliphatic carbocycles. The van der Waals surface area contributed by atoms with E-state index in [1.54, 1.807) is 0 Å². The van der Waals surface area contributed by atoms with E-state index in [1.165, 1.54) is 5.56 Å². The third kappa shape index (κ3) is 4.05. The molecule has 1 saturated carbocycles. The molecule has 1 aromatic rings. The van der Waals surface area contributed by atoms with Crippen molar-refractivity contribution in [1.29, 1.82) is 0 Å². The Balaban J connectivity index is 1.44. The minimum absolute atomic E-state index is 0.00414. The van der Waals surface area contributed by atoms with Crippen LogP contribution in [-0.4, -0.2) is 54.0 Å². The maximum atomic E-state index is 12.1. The molecule has 4 heteroatoms. The Morgan fingerprint density at radius 1 is 1.19 bits per heavy atom. The lowest BCUT2D eigenvalue weighted by molar-refractivity contribution is -0.126. The number of nitrogens with zero attached hydrogens (tertiary/aromatic N) is 2. The third-order valence-corrected chi connectivity index (χ3v) is 4.51. The van der Waals surface area contributed by atoms with Gasteiger partial charge in [0.05, 0.1) is 6.04 Å². The monoisotopic (exact) mass is 287 g/mol. The number of benzene rings is 1. The first-order valence-corrected chi connectivity index (χ1v) is 8.03. The van der Waals surface area contributed by atoms with Crippen LogP contribution in [0.1, 0.15) is 25.3 Å². The van der Waals surface area contributed by atoms with Crippen LogP contribution in [0.5, 0.6) is 0 Å². The predicted molar refractivity (Wildman–Crippen MR) is 83.9 cm³/mol. The van der Waals surface area contributed by atoms with Gasteiger partial charge in [-0.25, -0.2) is 0 Å². The fourth-order valence-electron chi connectivity index (χ4n) is 2.87. The number of carbonyl (C=O) groups excluding carboxylic acids is 1. The van der Waals surface area contributed by atoms with E-state index in [1.807, 2.05) is 6.92 Å². The molecule has 1 amide bonds. The summed E-state index contributed by atoms with van der Waals surface area (Å²) in [5.41, 5.74) is 1.37. The summed E-state index contributed by atoms with van der Waals surface area (Å²) in [6, 6.07) is 11.1. The minimum atomic E-state index is 0.00414. The average molecular weight is 287 g/mol. The van der Waals surface area contributed by atoms with Crippen LogP contribution in [0.3, 0.4) is 0 Å². The topological polar surface area (TPSA) is 35.6 Å². The smallest absolute Gasteiger partial charge is 0.237 e. The predicted octanol–water partition coefficient (Wildman–Crippen LogP) is 1.47. The van der Waals surface area contributed by atoms with E-state index in [-0.39, 0.29) is 11.9 Å². The first kappa shape index (κ1) is 14.5. The molecule has 114 valence electrons. The lowest BCUT2D eigenvalue weighted by Crippen LogP contribution is -2.53. The van der Waals surface area contributed by atoms with E-state index in [9.17, 15) is 4.79 Å². The summed E-state index contributed by atoms with van der Waals surface area (Å²) in [6.07, 6.45) is 2.31. The van der Waals surface area contributed by atoms with E-state index in [4.69, 9.17) is 0 Å². The number of piperazine rings is 1. The van der Waals surface area contributed by atoms with Gasteiger partial charge in [-0.1, -0.05) is 30.3 Å². The standard InChI is InChI=1S/C17H25N3O/c1-14(17(21)18-16-7-8-16)20-11-9-19(10-12-20)13-15-5-3-2-4-6-15/h2-6,14,16H,7-13H2,1H3,(H,18,21)/t14-/m0/s1. The van der Waals surface area contributed by atoms with Crippen LogP contribution in [0.2, 0.25) is 0 Å². The number of carbonyl (C=O) groups is 1. The van der Waals surface area contributed by atoms with Crippen LogP contribution in [0.25, 0.3) is 0 Å². The number of hydrogen-bond donors (Lipinski definition) is 1. The van der Waals surface area contributed by atoms with E-state index < -0.39 is 0 Å². The van der Waals surface area contributed by atoms with Crippen molar-refractivity contribution in [3.63, 3.8) is 0 Å². The van der Waals surface area contributed by atoms with Crippen LogP contribution in [-0.2, 0) is 11.3 Å². The normalized spacial score (nSPS) is 22.0. The molecule has 1 N–H and O–H groups in total. The number of rotatable bonds is 5. The highest BCUT2D eigenvalue weighted by atomic mass is 16.2. The summed E-state index contributed by atoms with van der Waals surface area (Å²) >= 11 is 0. The van der Waals surface area contributed by atoms with Crippen LogP contribution < -0.4 is 5.32 Å². The average Bonchev–Trinajstić information content (AvgIpc) is 3.32. The van der Waals surface area contributed by atoms with Crippen LogP contribution >= 0.6 is 0 Å². The largest absolute Gasteiger partial charge is 0.352 e. The fraction of sp³-hybridized carbons (Fsp3) is 0.588. The highest BCUT2D eigenvalue weighted by Gasteiger charge is 2.29. The summed E-state index contributed by atoms with van der Waals surface area (Å²) in [4.78, 5) is 16.9. The maximum Gasteiger partial charge on any atom is 0.237 e. The van der Waals surface area contributed by atoms with Crippen molar-refractivity contribution < 1.29 is 4.79 Å². The Bertz CT molecular complexity index is 464. The second kappa shape index (κ2) is 6.58. The van der Waals surface area contributed by atoms with Gasteiger partial charge in [0.1, 0.15) is 0 Å². The van der Waals surface area contributed by atoms with Crippen molar-refractivity contribution >= 4 is 5.91 Å². The Labute approximate surface area is 127 Å². The second-order valence-corrected chi connectivity index (χ2v) is 6.26. The molecular formula is C17H25N3O. The molecule has 3 rings (SSSR count). The quantitative estimate of drug-likeness (QED) is 0.891. The van der Waals surface area contributed by atoms with Crippen molar-refractivity contribution in [2.24, 2.45) is 0 Å². The van der Waals surface area contributed by atoms with Gasteiger partial charge in [-0.3, -0.25) is 14.6 Å². The maximum absolute atomic E-state index is 12.1. The number of amides is 1. The number of hydrogen-bond acceptors (Lipinski definition) is 3. The van der Waals surface area contributed by atoms with Crippen LogP contribution in [0, 0.1) is 0 Å². The molecule has 0 radical (unpaired) electrons. The molecule has 0 aromatic heterocycles. The van der Waals surface area contributed by atoms with Crippen molar-refractivity contribution in [2.75, 3.05) is 26.2 Å². The first-order chi connectivity index (χ1) is 10.2. The van der Waals surface area contributed by atoms with Gasteiger partial charge < -0.3 is 5.32 Å². The molecule has 0 unspecified atom stereocenters. The Hall–Kier alpha value is -1.39. The zero-order chi connectivity index (χ0) is 14.7. The molecular weight excluding hydrogens is 262 g/mol. The lowest BCUT2D eigenvalue weighted by Gasteiger charge is -2.37. The zero-order valence-corrected chi connectivity index (χ0v) is 12.8. The van der Waals surface area contributed by atoms with Crippen LogP contribution in [0.4, 0.5) is 0 Å². The summed E-state index contributed by atoms with van der Waals surface area (Å²) in [7, 11) is 0. The molecule has 21 heavy (non-hydrogen) atoms. The first-order valence-electron chi connectivity index (χ1n) is 8.03. The lowest BCUT2D eigenvalue weighted by atomic mass is 10.1. The summed E-state index contributed by atoms with van der Waals surface area (Å²) < 4.78 is 0. The summed E-state index contributed by atoms with van der Waals surface area (Å²) in [5, 5.41) is 3.11. The van der Waals surface area contributed by atoms with Crippen molar-refractivity contribution in [1.82, 2.24) is 15.1 Å². The molecule has 0 spiro atoms. The third-order valence-electron chi connectivity index (χ3n) is 4.51. The molecule has 1 aliphatic heterocycles. The highest BCUT2D eigenvalue weighted by Crippen LogP contribution is 2.19. The fourth-order valence-corrected chi connectivity index (χ4v) is 2.87. The SMILES string of the molecule is C[C@@H](C(=O)NC1CC1)N1CCN(Cc2ccccc2)CC1. The highest BCUT2D eigenvalue weighted by molar-refractivity contribution is 5.81. The molecule has 0 bridgehead atoms. The molecule has 1 atom stereocenters. The van der Waals surface area contributed by atoms with E-state index in [2.05, 4.69) is 45.4 Å². The van der Waals surface area contributed by atoms with Gasteiger partial charge in [0, 0.05) is 38.8 Å². The molecule has 2 aliphatic rings. The Kier molecular flexibility index (Phi) is 4.56. The van der Waals surface area contributed by atoms with Gasteiger partial charge in [-0.15, -0.1) is 0 Å². The Morgan fingerprint density at radius 3 is 2.48 bits per heavy atom. The van der Waals surface area contributed by atoms with E-state index in [0.717, 1.165) is 45.6 Å². The van der Waals surface area contributed by atoms with Gasteiger partial charge >= 0.3 is 0 Å². The van der Waals surface area contributed by atoms with Crippen molar-refractivity contribution in [3.8, 4) is 0 Å². The molecule has 1 saturated heterocycles. The molecule has 1 aromatic carbocycles. The Morgan fingerprint density at radius 2 is 1.86 bits per heavy atom. The van der Waals surface area contributed by atoms with Crippen LogP contribution in [0.15, 0.2) is 30.3 Å². The molecule has 1 heterocycles. The van der Waals surface area contributed by atoms with Gasteiger partial charge in [-0.2, -0.15) is 0 Å². The molecule has 4 nitrogen and oxygen atoms in total. The van der Waals surface area contributed by atoms with Gasteiger partial charge in [-0.05, 0) is 25.3 Å². The summed E-state index contributed by atoms with van der Waals surface area (Å²) in [5.74, 6) is 0.203. The van der Waals surface area contributed by atoms with E-state index >= 15 is 0 Å². The van der Waals surface area contributed by atoms with E-state index in [0.29, 0.717) is 6.04 Å². The van der Waals surface area contributed by atoms with Gasteiger partial charge in [0.25, 0.3) is 0 Å².